The Morgan fingerprint density at radius 1 is 0.562 bits per heavy atom. The topological polar surface area (TPSA) is 62.7 Å². The lowest BCUT2D eigenvalue weighted by Crippen LogP contribution is -2.07. The molecule has 0 spiro atoms. The zero-order chi connectivity index (χ0) is 22.0. The predicted molar refractivity (Wildman–Crippen MR) is 121 cm³/mol. The lowest BCUT2D eigenvalue weighted by molar-refractivity contribution is 0.239. The van der Waals surface area contributed by atoms with Crippen LogP contribution >= 0.6 is 0 Å². The van der Waals surface area contributed by atoms with Crippen LogP contribution in [0.15, 0.2) is 91.0 Å². The highest BCUT2D eigenvalue weighted by Gasteiger charge is 2.13. The normalized spacial score (nSPS) is 10.4. The van der Waals surface area contributed by atoms with Crippen molar-refractivity contribution in [2.45, 2.75) is 19.8 Å². The van der Waals surface area contributed by atoms with Gasteiger partial charge in [-0.25, -0.2) is 0 Å². The standard InChI is InChI=1S/C26H24N2O4/c1-29-23-14-8-9-15-24(23)31-19-22-16-25(30-17-20-10-4-2-5-11-20)26(28-27-22)32-18-21-12-6-3-7-13-21/h2-16H,17-19H2,1H3. The summed E-state index contributed by atoms with van der Waals surface area (Å²) in [5.74, 6) is 2.14. The van der Waals surface area contributed by atoms with Gasteiger partial charge >= 0.3 is 0 Å². The molecule has 0 saturated carbocycles. The Morgan fingerprint density at radius 3 is 1.78 bits per heavy atom. The van der Waals surface area contributed by atoms with Crippen molar-refractivity contribution in [1.82, 2.24) is 10.2 Å². The Balaban J connectivity index is 1.49. The van der Waals surface area contributed by atoms with Crippen LogP contribution in [-0.2, 0) is 19.8 Å². The van der Waals surface area contributed by atoms with Crippen molar-refractivity contribution in [2.75, 3.05) is 7.11 Å². The first-order chi connectivity index (χ1) is 15.8. The second-order valence-corrected chi connectivity index (χ2v) is 6.99. The summed E-state index contributed by atoms with van der Waals surface area (Å²) in [6, 6.07) is 29.1. The molecule has 0 atom stereocenters. The maximum Gasteiger partial charge on any atom is 0.276 e. The van der Waals surface area contributed by atoms with E-state index < -0.39 is 0 Å². The molecule has 0 fully saturated rings. The number of benzene rings is 3. The van der Waals surface area contributed by atoms with E-state index in [2.05, 4.69) is 10.2 Å². The summed E-state index contributed by atoms with van der Waals surface area (Å²) in [5.41, 5.74) is 2.70. The second kappa shape index (κ2) is 10.8. The van der Waals surface area contributed by atoms with Crippen LogP contribution < -0.4 is 18.9 Å². The summed E-state index contributed by atoms with van der Waals surface area (Å²) in [4.78, 5) is 0. The highest BCUT2D eigenvalue weighted by atomic mass is 16.5. The minimum Gasteiger partial charge on any atom is -0.493 e. The lowest BCUT2D eigenvalue weighted by atomic mass is 10.2. The Labute approximate surface area is 187 Å². The molecule has 0 saturated heterocycles. The summed E-state index contributed by atoms with van der Waals surface area (Å²) in [6.45, 7) is 0.976. The molecule has 32 heavy (non-hydrogen) atoms. The van der Waals surface area contributed by atoms with Crippen LogP contribution in [0.2, 0.25) is 0 Å². The van der Waals surface area contributed by atoms with Crippen LogP contribution in [0, 0.1) is 0 Å². The van der Waals surface area contributed by atoms with Gasteiger partial charge in [-0.1, -0.05) is 72.8 Å². The first kappa shape index (κ1) is 21.2. The van der Waals surface area contributed by atoms with Gasteiger partial charge in [-0.15, -0.1) is 10.2 Å². The molecule has 4 rings (SSSR count). The van der Waals surface area contributed by atoms with E-state index >= 15 is 0 Å². The van der Waals surface area contributed by atoms with Crippen molar-refractivity contribution in [3.8, 4) is 23.1 Å². The molecule has 0 aliphatic rings. The molecular formula is C26H24N2O4. The van der Waals surface area contributed by atoms with E-state index in [1.807, 2.05) is 84.9 Å². The maximum atomic E-state index is 6.04. The fraction of sp³-hybridized carbons (Fsp3) is 0.154. The molecule has 3 aromatic carbocycles. The molecular weight excluding hydrogens is 404 g/mol. The van der Waals surface area contributed by atoms with Crippen LogP contribution in [0.4, 0.5) is 0 Å². The van der Waals surface area contributed by atoms with Gasteiger partial charge in [0.25, 0.3) is 5.88 Å². The third kappa shape index (κ3) is 5.76. The number of aromatic nitrogens is 2. The SMILES string of the molecule is COc1ccccc1OCc1cc(OCc2ccccc2)c(OCc2ccccc2)nn1. The largest absolute Gasteiger partial charge is 0.493 e. The molecule has 1 aromatic heterocycles. The van der Waals surface area contributed by atoms with Gasteiger partial charge in [-0.3, -0.25) is 0 Å². The number of nitrogens with zero attached hydrogens (tertiary/aromatic N) is 2. The van der Waals surface area contributed by atoms with Crippen LogP contribution in [0.3, 0.4) is 0 Å². The summed E-state index contributed by atoms with van der Waals surface area (Å²) in [6.07, 6.45) is 0. The maximum absolute atomic E-state index is 6.04. The van der Waals surface area contributed by atoms with Crippen molar-refractivity contribution < 1.29 is 18.9 Å². The molecule has 0 aliphatic carbocycles. The number of hydrogen-bond acceptors (Lipinski definition) is 6. The quantitative estimate of drug-likeness (QED) is 0.345. The molecule has 0 radical (unpaired) electrons. The first-order valence-electron chi connectivity index (χ1n) is 10.3. The number of rotatable bonds is 10. The predicted octanol–water partition coefficient (Wildman–Crippen LogP) is 5.22. The summed E-state index contributed by atoms with van der Waals surface area (Å²) < 4.78 is 23.2. The monoisotopic (exact) mass is 428 g/mol. The lowest BCUT2D eigenvalue weighted by Gasteiger charge is -2.14. The van der Waals surface area contributed by atoms with E-state index in [0.29, 0.717) is 42.0 Å². The third-order valence-electron chi connectivity index (χ3n) is 4.68. The number of methoxy groups -OCH3 is 1. The van der Waals surface area contributed by atoms with Crippen molar-refractivity contribution in [1.29, 1.82) is 0 Å². The Kier molecular flexibility index (Phi) is 7.16. The zero-order valence-corrected chi connectivity index (χ0v) is 17.8. The fourth-order valence-electron chi connectivity index (χ4n) is 3.03. The van der Waals surface area contributed by atoms with Crippen LogP contribution in [0.25, 0.3) is 0 Å². The van der Waals surface area contributed by atoms with Gasteiger partial charge < -0.3 is 18.9 Å². The average Bonchev–Trinajstić information content (AvgIpc) is 2.87. The van der Waals surface area contributed by atoms with E-state index in [4.69, 9.17) is 18.9 Å². The minimum atomic E-state index is 0.216. The van der Waals surface area contributed by atoms with E-state index in [1.165, 1.54) is 0 Å². The number of para-hydroxylation sites is 2. The van der Waals surface area contributed by atoms with Crippen molar-refractivity contribution in [3.63, 3.8) is 0 Å². The van der Waals surface area contributed by atoms with Crippen LogP contribution in [0.1, 0.15) is 16.8 Å². The van der Waals surface area contributed by atoms with Gasteiger partial charge in [-0.05, 0) is 23.3 Å². The minimum absolute atomic E-state index is 0.216. The van der Waals surface area contributed by atoms with Gasteiger partial charge in [0.15, 0.2) is 17.2 Å². The molecule has 0 unspecified atom stereocenters. The zero-order valence-electron chi connectivity index (χ0n) is 17.8. The van der Waals surface area contributed by atoms with E-state index in [9.17, 15) is 0 Å². The molecule has 6 nitrogen and oxygen atoms in total. The van der Waals surface area contributed by atoms with Gasteiger partial charge in [0.1, 0.15) is 25.5 Å². The Hall–Kier alpha value is -4.06. The first-order valence-corrected chi connectivity index (χ1v) is 10.3. The van der Waals surface area contributed by atoms with Crippen LogP contribution in [-0.4, -0.2) is 17.3 Å². The highest BCUT2D eigenvalue weighted by Crippen LogP contribution is 2.29. The second-order valence-electron chi connectivity index (χ2n) is 6.99. The van der Waals surface area contributed by atoms with Gasteiger partial charge in [0.2, 0.25) is 0 Å². The molecule has 4 aromatic rings. The summed E-state index contributed by atoms with van der Waals surface area (Å²) >= 11 is 0. The number of ether oxygens (including phenoxy) is 4. The molecule has 6 heteroatoms. The molecule has 0 amide bonds. The van der Waals surface area contributed by atoms with Crippen molar-refractivity contribution in [2.24, 2.45) is 0 Å². The van der Waals surface area contributed by atoms with Gasteiger partial charge in [-0.2, -0.15) is 0 Å². The van der Waals surface area contributed by atoms with Crippen molar-refractivity contribution >= 4 is 0 Å². The molecule has 1 heterocycles. The third-order valence-corrected chi connectivity index (χ3v) is 4.68. The average molecular weight is 428 g/mol. The molecule has 162 valence electrons. The van der Waals surface area contributed by atoms with Gasteiger partial charge in [0, 0.05) is 6.07 Å². The van der Waals surface area contributed by atoms with Gasteiger partial charge in [0.05, 0.1) is 7.11 Å². The molecule has 0 bridgehead atoms. The summed E-state index contributed by atoms with van der Waals surface area (Å²) in [5, 5.41) is 8.51. The van der Waals surface area contributed by atoms with E-state index in [-0.39, 0.29) is 6.61 Å². The van der Waals surface area contributed by atoms with E-state index in [0.717, 1.165) is 11.1 Å². The van der Waals surface area contributed by atoms with Crippen LogP contribution in [0.5, 0.6) is 23.1 Å². The fourth-order valence-corrected chi connectivity index (χ4v) is 3.03. The van der Waals surface area contributed by atoms with Crippen molar-refractivity contribution in [3.05, 3.63) is 108 Å². The number of hydrogen-bond donors (Lipinski definition) is 0. The Morgan fingerprint density at radius 2 is 1.12 bits per heavy atom. The van der Waals surface area contributed by atoms with E-state index in [1.54, 1.807) is 13.2 Å². The molecule has 0 N–H and O–H groups in total. The highest BCUT2D eigenvalue weighted by molar-refractivity contribution is 5.40. The molecule has 0 aliphatic heterocycles. The Bertz CT molecular complexity index is 1120. The summed E-state index contributed by atoms with van der Waals surface area (Å²) in [7, 11) is 1.61. The smallest absolute Gasteiger partial charge is 0.276 e.